The fraction of sp³-hybridized carbons (Fsp3) is 0.562. The summed E-state index contributed by atoms with van der Waals surface area (Å²) in [5.74, 6) is 1.07. The van der Waals surface area contributed by atoms with E-state index in [1.807, 2.05) is 0 Å². The van der Waals surface area contributed by atoms with Gasteiger partial charge in [0.05, 0.1) is 11.0 Å². The SMILES string of the molecule is CC(C)c1c[nH]c2ccc(C3CC34CNCCN4)nc12. The highest BCUT2D eigenvalue weighted by Gasteiger charge is 2.55. The Hall–Kier alpha value is -1.39. The number of aromatic amines is 1. The molecule has 1 saturated carbocycles. The first-order valence-electron chi connectivity index (χ1n) is 7.63. The number of rotatable bonds is 2. The Balaban J connectivity index is 1.69. The van der Waals surface area contributed by atoms with E-state index in [4.69, 9.17) is 4.98 Å². The molecule has 106 valence electrons. The Kier molecular flexibility index (Phi) is 2.66. The van der Waals surface area contributed by atoms with E-state index in [-0.39, 0.29) is 5.54 Å². The Labute approximate surface area is 119 Å². The number of nitrogens with zero attached hydrogens (tertiary/aromatic N) is 1. The minimum absolute atomic E-state index is 0.271. The average molecular weight is 270 g/mol. The lowest BCUT2D eigenvalue weighted by molar-refractivity contribution is 0.392. The highest BCUT2D eigenvalue weighted by Crippen LogP contribution is 2.51. The fourth-order valence-electron chi connectivity index (χ4n) is 3.53. The number of piperazine rings is 1. The normalized spacial score (nSPS) is 29.4. The summed E-state index contributed by atoms with van der Waals surface area (Å²) in [6, 6.07) is 4.38. The van der Waals surface area contributed by atoms with Gasteiger partial charge in [-0.1, -0.05) is 13.8 Å². The lowest BCUT2D eigenvalue weighted by Crippen LogP contribution is -2.51. The molecule has 1 aliphatic heterocycles. The summed E-state index contributed by atoms with van der Waals surface area (Å²) in [5.41, 5.74) is 5.15. The third kappa shape index (κ3) is 1.79. The van der Waals surface area contributed by atoms with E-state index in [2.05, 4.69) is 47.8 Å². The maximum absolute atomic E-state index is 4.97. The summed E-state index contributed by atoms with van der Waals surface area (Å²) >= 11 is 0. The van der Waals surface area contributed by atoms with Crippen LogP contribution in [0.4, 0.5) is 0 Å². The average Bonchev–Trinajstić information content (AvgIpc) is 2.97. The van der Waals surface area contributed by atoms with Gasteiger partial charge in [0.25, 0.3) is 0 Å². The van der Waals surface area contributed by atoms with Crippen LogP contribution in [-0.4, -0.2) is 35.1 Å². The molecule has 0 aromatic carbocycles. The van der Waals surface area contributed by atoms with Crippen LogP contribution in [0.1, 0.15) is 43.4 Å². The van der Waals surface area contributed by atoms with Crippen LogP contribution in [0.2, 0.25) is 0 Å². The zero-order chi connectivity index (χ0) is 13.7. The molecule has 4 heteroatoms. The van der Waals surface area contributed by atoms with Crippen molar-refractivity contribution in [3.8, 4) is 0 Å². The highest BCUT2D eigenvalue weighted by atomic mass is 15.2. The number of hydrogen-bond acceptors (Lipinski definition) is 3. The zero-order valence-corrected chi connectivity index (χ0v) is 12.2. The van der Waals surface area contributed by atoms with Crippen molar-refractivity contribution >= 4 is 11.0 Å². The molecule has 0 amide bonds. The van der Waals surface area contributed by atoms with Gasteiger partial charge < -0.3 is 15.6 Å². The fourth-order valence-corrected chi connectivity index (χ4v) is 3.53. The van der Waals surface area contributed by atoms with Gasteiger partial charge in [0.1, 0.15) is 0 Å². The largest absolute Gasteiger partial charge is 0.360 e. The van der Waals surface area contributed by atoms with Crippen molar-refractivity contribution in [1.29, 1.82) is 0 Å². The van der Waals surface area contributed by atoms with E-state index in [0.717, 1.165) is 30.7 Å². The molecule has 20 heavy (non-hydrogen) atoms. The van der Waals surface area contributed by atoms with E-state index in [9.17, 15) is 0 Å². The van der Waals surface area contributed by atoms with Crippen molar-refractivity contribution in [2.75, 3.05) is 19.6 Å². The van der Waals surface area contributed by atoms with Crippen LogP contribution < -0.4 is 10.6 Å². The van der Waals surface area contributed by atoms with Crippen molar-refractivity contribution in [3.63, 3.8) is 0 Å². The predicted molar refractivity (Wildman–Crippen MR) is 81.1 cm³/mol. The summed E-state index contributed by atoms with van der Waals surface area (Å²) in [4.78, 5) is 8.31. The second kappa shape index (κ2) is 4.30. The molecule has 1 saturated heterocycles. The molecule has 3 N–H and O–H groups in total. The molecule has 2 aromatic heterocycles. The molecule has 2 aromatic rings. The van der Waals surface area contributed by atoms with E-state index >= 15 is 0 Å². The van der Waals surface area contributed by atoms with Crippen molar-refractivity contribution in [2.45, 2.75) is 37.6 Å². The summed E-state index contributed by atoms with van der Waals surface area (Å²) < 4.78 is 0. The first-order valence-corrected chi connectivity index (χ1v) is 7.63. The summed E-state index contributed by atoms with van der Waals surface area (Å²) in [6.07, 6.45) is 3.31. The molecule has 4 nitrogen and oxygen atoms in total. The maximum atomic E-state index is 4.97. The number of aromatic nitrogens is 2. The molecular weight excluding hydrogens is 248 g/mol. The van der Waals surface area contributed by atoms with Gasteiger partial charge >= 0.3 is 0 Å². The van der Waals surface area contributed by atoms with Crippen LogP contribution in [-0.2, 0) is 0 Å². The Morgan fingerprint density at radius 2 is 2.20 bits per heavy atom. The predicted octanol–water partition coefficient (Wildman–Crippen LogP) is 2.11. The molecule has 2 atom stereocenters. The molecule has 1 aliphatic carbocycles. The topological polar surface area (TPSA) is 52.7 Å². The molecular formula is C16H22N4. The van der Waals surface area contributed by atoms with Crippen molar-refractivity contribution in [2.24, 2.45) is 0 Å². The first kappa shape index (κ1) is 12.4. The summed E-state index contributed by atoms with van der Waals surface area (Å²) in [5, 5.41) is 7.19. The van der Waals surface area contributed by atoms with Crippen LogP contribution in [0.15, 0.2) is 18.3 Å². The van der Waals surface area contributed by atoms with Crippen LogP contribution in [0, 0.1) is 0 Å². The van der Waals surface area contributed by atoms with Gasteiger partial charge in [0.15, 0.2) is 0 Å². The summed E-state index contributed by atoms with van der Waals surface area (Å²) in [7, 11) is 0. The molecule has 2 aliphatic rings. The lowest BCUT2D eigenvalue weighted by Gasteiger charge is -2.25. The molecule has 2 unspecified atom stereocenters. The number of nitrogens with one attached hydrogen (secondary N) is 3. The van der Waals surface area contributed by atoms with Gasteiger partial charge in [-0.25, -0.2) is 0 Å². The highest BCUT2D eigenvalue weighted by molar-refractivity contribution is 5.79. The van der Waals surface area contributed by atoms with E-state index in [1.165, 1.54) is 17.7 Å². The molecule has 0 bridgehead atoms. The van der Waals surface area contributed by atoms with E-state index in [0.29, 0.717) is 11.8 Å². The molecule has 0 radical (unpaired) electrons. The maximum Gasteiger partial charge on any atom is 0.0916 e. The van der Waals surface area contributed by atoms with Crippen molar-refractivity contribution in [1.82, 2.24) is 20.6 Å². The smallest absolute Gasteiger partial charge is 0.0916 e. The van der Waals surface area contributed by atoms with Crippen LogP contribution in [0.3, 0.4) is 0 Å². The second-order valence-electron chi connectivity index (χ2n) is 6.55. The summed E-state index contributed by atoms with van der Waals surface area (Å²) in [6.45, 7) is 7.67. The Morgan fingerprint density at radius 1 is 1.30 bits per heavy atom. The number of H-pyrrole nitrogens is 1. The first-order chi connectivity index (χ1) is 9.70. The number of hydrogen-bond donors (Lipinski definition) is 3. The van der Waals surface area contributed by atoms with Crippen LogP contribution in [0.5, 0.6) is 0 Å². The van der Waals surface area contributed by atoms with Gasteiger partial charge in [-0.15, -0.1) is 0 Å². The van der Waals surface area contributed by atoms with Gasteiger partial charge in [-0.3, -0.25) is 4.98 Å². The van der Waals surface area contributed by atoms with Crippen LogP contribution in [0.25, 0.3) is 11.0 Å². The molecule has 2 fully saturated rings. The lowest BCUT2D eigenvalue weighted by atomic mass is 10.0. The molecule has 3 heterocycles. The van der Waals surface area contributed by atoms with Gasteiger partial charge in [0, 0.05) is 43.0 Å². The monoisotopic (exact) mass is 270 g/mol. The zero-order valence-electron chi connectivity index (χ0n) is 12.2. The van der Waals surface area contributed by atoms with Gasteiger partial charge in [-0.2, -0.15) is 0 Å². The van der Waals surface area contributed by atoms with Crippen molar-refractivity contribution in [3.05, 3.63) is 29.6 Å². The second-order valence-corrected chi connectivity index (χ2v) is 6.55. The van der Waals surface area contributed by atoms with E-state index in [1.54, 1.807) is 0 Å². The van der Waals surface area contributed by atoms with Crippen molar-refractivity contribution < 1.29 is 0 Å². The number of pyridine rings is 1. The molecule has 1 spiro atoms. The minimum Gasteiger partial charge on any atom is -0.360 e. The third-order valence-corrected chi connectivity index (χ3v) is 4.85. The quantitative estimate of drug-likeness (QED) is 0.783. The van der Waals surface area contributed by atoms with E-state index < -0.39 is 0 Å². The minimum atomic E-state index is 0.271. The Bertz CT molecular complexity index is 637. The third-order valence-electron chi connectivity index (χ3n) is 4.85. The van der Waals surface area contributed by atoms with Gasteiger partial charge in [0.2, 0.25) is 0 Å². The van der Waals surface area contributed by atoms with Gasteiger partial charge in [-0.05, 0) is 30.0 Å². The molecule has 4 rings (SSSR count). The number of fused-ring (bicyclic) bond motifs is 1. The Morgan fingerprint density at radius 3 is 2.95 bits per heavy atom. The standard InChI is InChI=1S/C16H22N4/c1-10(2)11-8-18-14-4-3-13(20-15(11)14)12-7-16(12)9-17-5-6-19-16/h3-4,8,10,12,17-19H,5-7,9H2,1-2H3. The van der Waals surface area contributed by atoms with Crippen LogP contribution >= 0.6 is 0 Å².